The van der Waals surface area contributed by atoms with E-state index in [4.69, 9.17) is 10.5 Å². The molecule has 0 aromatic heterocycles. The normalized spacial score (nSPS) is 9.95. The summed E-state index contributed by atoms with van der Waals surface area (Å²) < 4.78 is 5.35. The van der Waals surface area contributed by atoms with Crippen LogP contribution in [0.5, 0.6) is 5.75 Å². The topological polar surface area (TPSA) is 64.3 Å². The molecule has 0 spiro atoms. The van der Waals surface area contributed by atoms with E-state index in [9.17, 15) is 4.79 Å². The van der Waals surface area contributed by atoms with Crippen LogP contribution in [0.15, 0.2) is 54.6 Å². The average molecular weight is 256 g/mol. The highest BCUT2D eigenvalue weighted by Gasteiger charge is 2.05. The fourth-order valence-electron chi connectivity index (χ4n) is 1.60. The Bertz CT molecular complexity index is 524. The number of ether oxygens (including phenoxy) is 1. The number of carbonyl (C=O) groups is 1. The van der Waals surface area contributed by atoms with Gasteiger partial charge in [-0.05, 0) is 36.4 Å². The molecule has 4 nitrogen and oxygen atoms in total. The van der Waals surface area contributed by atoms with Gasteiger partial charge in [0, 0.05) is 17.8 Å². The lowest BCUT2D eigenvalue weighted by Gasteiger charge is -2.07. The van der Waals surface area contributed by atoms with Crippen LogP contribution in [0.25, 0.3) is 0 Å². The quantitative estimate of drug-likeness (QED) is 0.862. The Morgan fingerprint density at radius 3 is 2.37 bits per heavy atom. The molecule has 2 aromatic rings. The zero-order chi connectivity index (χ0) is 13.5. The maximum absolute atomic E-state index is 12.0. The maximum atomic E-state index is 12.0. The summed E-state index contributed by atoms with van der Waals surface area (Å²) in [6.07, 6.45) is 0. The number of hydrogen-bond acceptors (Lipinski definition) is 3. The van der Waals surface area contributed by atoms with Gasteiger partial charge in [-0.15, -0.1) is 0 Å². The largest absolute Gasteiger partial charge is 0.492 e. The van der Waals surface area contributed by atoms with E-state index in [0.717, 1.165) is 5.69 Å². The Balaban J connectivity index is 1.99. The summed E-state index contributed by atoms with van der Waals surface area (Å²) in [4.78, 5) is 12.0. The lowest BCUT2D eigenvalue weighted by atomic mass is 10.2. The Morgan fingerprint density at radius 1 is 1.05 bits per heavy atom. The Hall–Kier alpha value is -2.33. The van der Waals surface area contributed by atoms with Crippen molar-refractivity contribution in [3.63, 3.8) is 0 Å². The van der Waals surface area contributed by atoms with Crippen LogP contribution in [0.4, 0.5) is 5.69 Å². The molecule has 1 amide bonds. The lowest BCUT2D eigenvalue weighted by Crippen LogP contribution is -2.12. The molecular formula is C15H16N2O2. The molecule has 0 heterocycles. The number of carbonyl (C=O) groups excluding carboxylic acids is 1. The summed E-state index contributed by atoms with van der Waals surface area (Å²) in [5, 5.41) is 2.82. The van der Waals surface area contributed by atoms with Crippen LogP contribution in [0, 0.1) is 0 Å². The number of para-hydroxylation sites is 1. The van der Waals surface area contributed by atoms with Gasteiger partial charge in [0.1, 0.15) is 12.4 Å². The highest BCUT2D eigenvalue weighted by molar-refractivity contribution is 6.04. The molecule has 2 aromatic carbocycles. The molecule has 3 N–H and O–H groups in total. The van der Waals surface area contributed by atoms with E-state index in [1.54, 1.807) is 24.3 Å². The van der Waals surface area contributed by atoms with Crippen molar-refractivity contribution in [2.45, 2.75) is 0 Å². The molecule has 0 saturated heterocycles. The summed E-state index contributed by atoms with van der Waals surface area (Å²) >= 11 is 0. The van der Waals surface area contributed by atoms with E-state index < -0.39 is 0 Å². The molecule has 98 valence electrons. The van der Waals surface area contributed by atoms with E-state index in [2.05, 4.69) is 5.32 Å². The first-order chi connectivity index (χ1) is 9.29. The molecule has 0 atom stereocenters. The van der Waals surface area contributed by atoms with Gasteiger partial charge in [-0.2, -0.15) is 0 Å². The van der Waals surface area contributed by atoms with Gasteiger partial charge < -0.3 is 15.8 Å². The number of benzene rings is 2. The molecular weight excluding hydrogens is 240 g/mol. The maximum Gasteiger partial charge on any atom is 0.255 e. The minimum Gasteiger partial charge on any atom is -0.492 e. The summed E-state index contributed by atoms with van der Waals surface area (Å²) in [6, 6.07) is 16.3. The second-order valence-electron chi connectivity index (χ2n) is 3.98. The molecule has 0 aliphatic heterocycles. The molecule has 0 fully saturated rings. The van der Waals surface area contributed by atoms with Gasteiger partial charge in [-0.1, -0.05) is 18.2 Å². The van der Waals surface area contributed by atoms with Crippen LogP contribution in [0.2, 0.25) is 0 Å². The van der Waals surface area contributed by atoms with Gasteiger partial charge in [-0.3, -0.25) is 4.79 Å². The Kier molecular flexibility index (Phi) is 4.53. The minimum absolute atomic E-state index is 0.142. The van der Waals surface area contributed by atoms with Gasteiger partial charge in [0.25, 0.3) is 5.91 Å². The van der Waals surface area contributed by atoms with Crippen LogP contribution in [-0.2, 0) is 0 Å². The number of anilines is 1. The zero-order valence-electron chi connectivity index (χ0n) is 10.5. The van der Waals surface area contributed by atoms with E-state index >= 15 is 0 Å². The predicted octanol–water partition coefficient (Wildman–Crippen LogP) is 2.28. The van der Waals surface area contributed by atoms with E-state index in [0.29, 0.717) is 24.5 Å². The van der Waals surface area contributed by atoms with Crippen molar-refractivity contribution in [1.82, 2.24) is 0 Å². The highest BCUT2D eigenvalue weighted by Crippen LogP contribution is 2.14. The number of rotatable bonds is 5. The van der Waals surface area contributed by atoms with Crippen molar-refractivity contribution < 1.29 is 9.53 Å². The summed E-state index contributed by atoms with van der Waals surface area (Å²) in [6.45, 7) is 0.936. The van der Waals surface area contributed by atoms with Gasteiger partial charge in [0.2, 0.25) is 0 Å². The van der Waals surface area contributed by atoms with Crippen LogP contribution in [-0.4, -0.2) is 19.1 Å². The van der Waals surface area contributed by atoms with Crippen LogP contribution >= 0.6 is 0 Å². The number of nitrogens with one attached hydrogen (secondary N) is 1. The van der Waals surface area contributed by atoms with E-state index in [1.807, 2.05) is 30.3 Å². The van der Waals surface area contributed by atoms with Crippen molar-refractivity contribution in [2.24, 2.45) is 5.73 Å². The van der Waals surface area contributed by atoms with Crippen molar-refractivity contribution in [3.05, 3.63) is 60.2 Å². The highest BCUT2D eigenvalue weighted by atomic mass is 16.5. The fraction of sp³-hybridized carbons (Fsp3) is 0.133. The van der Waals surface area contributed by atoms with Crippen LogP contribution in [0.3, 0.4) is 0 Å². The van der Waals surface area contributed by atoms with E-state index in [1.165, 1.54) is 0 Å². The minimum atomic E-state index is -0.142. The standard InChI is InChI=1S/C15H16N2O2/c16-10-11-19-14-8-6-12(7-9-14)15(18)17-13-4-2-1-3-5-13/h1-9H,10-11,16H2,(H,17,18). The first-order valence-corrected chi connectivity index (χ1v) is 6.09. The summed E-state index contributed by atoms with van der Waals surface area (Å²) in [5.41, 5.74) is 6.71. The van der Waals surface area contributed by atoms with Gasteiger partial charge in [0.15, 0.2) is 0 Å². The molecule has 0 bridgehead atoms. The van der Waals surface area contributed by atoms with Crippen molar-refractivity contribution in [2.75, 3.05) is 18.5 Å². The molecule has 19 heavy (non-hydrogen) atoms. The molecule has 0 radical (unpaired) electrons. The first-order valence-electron chi connectivity index (χ1n) is 6.09. The van der Waals surface area contributed by atoms with Gasteiger partial charge >= 0.3 is 0 Å². The second kappa shape index (κ2) is 6.56. The molecule has 4 heteroatoms. The third kappa shape index (κ3) is 3.82. The zero-order valence-corrected chi connectivity index (χ0v) is 10.5. The summed E-state index contributed by atoms with van der Waals surface area (Å²) in [7, 11) is 0. The molecule has 0 saturated carbocycles. The Morgan fingerprint density at radius 2 is 1.74 bits per heavy atom. The van der Waals surface area contributed by atoms with Crippen molar-refractivity contribution >= 4 is 11.6 Å². The molecule has 0 aliphatic carbocycles. The monoisotopic (exact) mass is 256 g/mol. The fourth-order valence-corrected chi connectivity index (χ4v) is 1.60. The number of amides is 1. The Labute approximate surface area is 112 Å². The van der Waals surface area contributed by atoms with Crippen molar-refractivity contribution in [3.8, 4) is 5.75 Å². The van der Waals surface area contributed by atoms with E-state index in [-0.39, 0.29) is 5.91 Å². The van der Waals surface area contributed by atoms with Gasteiger partial charge in [0.05, 0.1) is 0 Å². The average Bonchev–Trinajstić information content (AvgIpc) is 2.46. The van der Waals surface area contributed by atoms with Crippen LogP contribution in [0.1, 0.15) is 10.4 Å². The second-order valence-corrected chi connectivity index (χ2v) is 3.98. The third-order valence-corrected chi connectivity index (χ3v) is 2.53. The molecule has 2 rings (SSSR count). The van der Waals surface area contributed by atoms with Gasteiger partial charge in [-0.25, -0.2) is 0 Å². The number of nitrogens with two attached hydrogens (primary N) is 1. The molecule has 0 unspecified atom stereocenters. The van der Waals surface area contributed by atoms with Crippen molar-refractivity contribution in [1.29, 1.82) is 0 Å². The SMILES string of the molecule is NCCOc1ccc(C(=O)Nc2ccccc2)cc1. The number of hydrogen-bond donors (Lipinski definition) is 2. The van der Waals surface area contributed by atoms with Crippen LogP contribution < -0.4 is 15.8 Å². The predicted molar refractivity (Wildman–Crippen MR) is 75.4 cm³/mol. The third-order valence-electron chi connectivity index (χ3n) is 2.53. The molecule has 0 aliphatic rings. The summed E-state index contributed by atoms with van der Waals surface area (Å²) in [5.74, 6) is 0.568. The smallest absolute Gasteiger partial charge is 0.255 e. The first kappa shape index (κ1) is 13.1. The lowest BCUT2D eigenvalue weighted by molar-refractivity contribution is 0.102.